The molecule has 0 aromatic carbocycles. The zero-order valence-corrected chi connectivity index (χ0v) is 12.3. The summed E-state index contributed by atoms with van der Waals surface area (Å²) in [5, 5.41) is 7.91. The molecule has 0 amide bonds. The Hall–Kier alpha value is -1.41. The van der Waals surface area contributed by atoms with E-state index in [1.807, 2.05) is 6.92 Å². The van der Waals surface area contributed by atoms with Gasteiger partial charge in [0.1, 0.15) is 11.0 Å². The minimum atomic E-state index is -3.57. The molecule has 1 unspecified atom stereocenters. The summed E-state index contributed by atoms with van der Waals surface area (Å²) in [6.45, 7) is 5.47. The first kappa shape index (κ1) is 14.0. The molecular formula is C11H18N4O3S. The molecule has 0 bridgehead atoms. The van der Waals surface area contributed by atoms with Gasteiger partial charge in [-0.25, -0.2) is 13.1 Å². The van der Waals surface area contributed by atoms with Gasteiger partial charge in [-0.05, 0) is 20.8 Å². The van der Waals surface area contributed by atoms with Crippen LogP contribution < -0.4 is 4.72 Å². The average molecular weight is 286 g/mol. The van der Waals surface area contributed by atoms with Crippen LogP contribution in [0, 0.1) is 13.8 Å². The molecule has 1 atom stereocenters. The van der Waals surface area contributed by atoms with E-state index < -0.39 is 10.0 Å². The number of nitrogens with zero attached hydrogens (tertiary/aromatic N) is 3. The van der Waals surface area contributed by atoms with Crippen LogP contribution in [-0.4, -0.2) is 36.6 Å². The minimum absolute atomic E-state index is 0.205. The van der Waals surface area contributed by atoms with E-state index in [0.717, 1.165) is 5.71 Å². The van der Waals surface area contributed by atoms with Crippen molar-refractivity contribution in [2.24, 2.45) is 12.2 Å². The van der Waals surface area contributed by atoms with E-state index in [2.05, 4.69) is 15.0 Å². The van der Waals surface area contributed by atoms with Crippen molar-refractivity contribution < 1.29 is 13.3 Å². The fourth-order valence-corrected chi connectivity index (χ4v) is 3.60. The van der Waals surface area contributed by atoms with Gasteiger partial charge in [0, 0.05) is 13.5 Å². The van der Waals surface area contributed by atoms with Gasteiger partial charge >= 0.3 is 0 Å². The first-order chi connectivity index (χ1) is 8.81. The molecule has 0 radical (unpaired) electrons. The first-order valence-electron chi connectivity index (χ1n) is 6.00. The summed E-state index contributed by atoms with van der Waals surface area (Å²) in [6.07, 6.45) is 0.417. The molecule has 1 aromatic rings. The molecule has 1 N–H and O–H groups in total. The van der Waals surface area contributed by atoms with Crippen molar-refractivity contribution in [3.05, 3.63) is 11.4 Å². The highest BCUT2D eigenvalue weighted by Crippen LogP contribution is 2.18. The second-order valence-electron chi connectivity index (χ2n) is 4.73. The van der Waals surface area contributed by atoms with Crippen molar-refractivity contribution in [2.75, 3.05) is 6.54 Å². The van der Waals surface area contributed by atoms with Crippen LogP contribution in [0.1, 0.15) is 24.7 Å². The molecule has 2 rings (SSSR count). The van der Waals surface area contributed by atoms with Gasteiger partial charge in [-0.2, -0.15) is 5.10 Å². The standard InChI is InChI=1S/C11H18N4O3S/c1-7-5-10(18-14-7)6-12-19(16,17)11-8(2)13-15(4)9(11)3/h10,12H,5-6H2,1-4H3. The lowest BCUT2D eigenvalue weighted by molar-refractivity contribution is 0.0891. The van der Waals surface area contributed by atoms with Crippen molar-refractivity contribution in [2.45, 2.75) is 38.2 Å². The monoisotopic (exact) mass is 286 g/mol. The summed E-state index contributed by atoms with van der Waals surface area (Å²) in [6, 6.07) is 0. The van der Waals surface area contributed by atoms with Gasteiger partial charge in [-0.15, -0.1) is 0 Å². The maximum absolute atomic E-state index is 12.3. The van der Waals surface area contributed by atoms with E-state index in [0.29, 0.717) is 17.8 Å². The van der Waals surface area contributed by atoms with Gasteiger partial charge in [0.05, 0.1) is 23.6 Å². The third-order valence-electron chi connectivity index (χ3n) is 3.09. The molecule has 7 nitrogen and oxygen atoms in total. The molecule has 106 valence electrons. The lowest BCUT2D eigenvalue weighted by atomic mass is 10.2. The number of aromatic nitrogens is 2. The SMILES string of the molecule is CC1=NOC(CNS(=O)(=O)c2c(C)nn(C)c2C)C1. The van der Waals surface area contributed by atoms with E-state index in [4.69, 9.17) is 4.84 Å². The van der Waals surface area contributed by atoms with Crippen molar-refractivity contribution in [3.8, 4) is 0 Å². The average Bonchev–Trinajstić information content (AvgIpc) is 2.82. The van der Waals surface area contributed by atoms with Crippen LogP contribution in [0.25, 0.3) is 0 Å². The maximum atomic E-state index is 12.3. The fourth-order valence-electron chi connectivity index (χ4n) is 2.10. The summed E-state index contributed by atoms with van der Waals surface area (Å²) >= 11 is 0. The van der Waals surface area contributed by atoms with Gasteiger partial charge < -0.3 is 4.84 Å². The summed E-state index contributed by atoms with van der Waals surface area (Å²) < 4.78 is 28.6. The quantitative estimate of drug-likeness (QED) is 0.872. The van der Waals surface area contributed by atoms with E-state index in [-0.39, 0.29) is 17.5 Å². The topological polar surface area (TPSA) is 85.6 Å². The molecule has 1 aliphatic heterocycles. The van der Waals surface area contributed by atoms with Crippen molar-refractivity contribution in [1.82, 2.24) is 14.5 Å². The molecular weight excluding hydrogens is 268 g/mol. The summed E-state index contributed by atoms with van der Waals surface area (Å²) in [5.74, 6) is 0. The molecule has 0 aliphatic carbocycles. The molecule has 2 heterocycles. The van der Waals surface area contributed by atoms with Crippen molar-refractivity contribution in [1.29, 1.82) is 0 Å². The van der Waals surface area contributed by atoms with Crippen LogP contribution >= 0.6 is 0 Å². The minimum Gasteiger partial charge on any atom is -0.391 e. The molecule has 1 aliphatic rings. The zero-order valence-electron chi connectivity index (χ0n) is 11.5. The van der Waals surface area contributed by atoms with Crippen LogP contribution in [0.4, 0.5) is 0 Å². The first-order valence-corrected chi connectivity index (χ1v) is 7.48. The normalized spacial score (nSPS) is 19.4. The van der Waals surface area contributed by atoms with Gasteiger partial charge in [0.2, 0.25) is 10.0 Å². The van der Waals surface area contributed by atoms with Crippen LogP contribution in [0.3, 0.4) is 0 Å². The maximum Gasteiger partial charge on any atom is 0.244 e. The summed E-state index contributed by atoms with van der Waals surface area (Å²) in [5.41, 5.74) is 1.98. The van der Waals surface area contributed by atoms with Gasteiger partial charge in [-0.1, -0.05) is 5.16 Å². The highest BCUT2D eigenvalue weighted by Gasteiger charge is 2.26. The predicted molar refractivity (Wildman–Crippen MR) is 70.5 cm³/mol. The summed E-state index contributed by atoms with van der Waals surface area (Å²) in [7, 11) is -1.85. The van der Waals surface area contributed by atoms with E-state index in [1.54, 1.807) is 25.6 Å². The van der Waals surface area contributed by atoms with Crippen LogP contribution in [-0.2, 0) is 21.9 Å². The number of hydrogen-bond acceptors (Lipinski definition) is 5. The van der Waals surface area contributed by atoms with Crippen LogP contribution in [0.5, 0.6) is 0 Å². The Morgan fingerprint density at radius 3 is 2.58 bits per heavy atom. The molecule has 0 fully saturated rings. The Labute approximate surface area is 112 Å². The lowest BCUT2D eigenvalue weighted by Gasteiger charge is -2.10. The number of aryl methyl sites for hydroxylation is 2. The van der Waals surface area contributed by atoms with Gasteiger partial charge in [0.15, 0.2) is 0 Å². The third-order valence-corrected chi connectivity index (χ3v) is 4.77. The fraction of sp³-hybridized carbons (Fsp3) is 0.636. The lowest BCUT2D eigenvalue weighted by Crippen LogP contribution is -2.32. The van der Waals surface area contributed by atoms with Crippen molar-refractivity contribution >= 4 is 15.7 Å². The van der Waals surface area contributed by atoms with Gasteiger partial charge in [-0.3, -0.25) is 4.68 Å². The Kier molecular flexibility index (Phi) is 3.64. The number of nitrogens with one attached hydrogen (secondary N) is 1. The number of rotatable bonds is 4. The third kappa shape index (κ3) is 2.79. The molecule has 8 heteroatoms. The molecule has 19 heavy (non-hydrogen) atoms. The second kappa shape index (κ2) is 4.93. The number of oxime groups is 1. The Morgan fingerprint density at radius 1 is 1.42 bits per heavy atom. The van der Waals surface area contributed by atoms with E-state index in [9.17, 15) is 8.42 Å². The second-order valence-corrected chi connectivity index (χ2v) is 6.44. The Bertz CT molecular complexity index is 618. The smallest absolute Gasteiger partial charge is 0.244 e. The molecule has 1 aromatic heterocycles. The summed E-state index contributed by atoms with van der Waals surface area (Å²) in [4.78, 5) is 5.34. The van der Waals surface area contributed by atoms with Gasteiger partial charge in [0.25, 0.3) is 0 Å². The molecule has 0 saturated heterocycles. The van der Waals surface area contributed by atoms with E-state index >= 15 is 0 Å². The van der Waals surface area contributed by atoms with Crippen molar-refractivity contribution in [3.63, 3.8) is 0 Å². The predicted octanol–water partition coefficient (Wildman–Crippen LogP) is 0.480. The zero-order chi connectivity index (χ0) is 14.2. The Balaban J connectivity index is 2.11. The largest absolute Gasteiger partial charge is 0.391 e. The number of sulfonamides is 1. The highest BCUT2D eigenvalue weighted by molar-refractivity contribution is 7.89. The molecule has 0 spiro atoms. The Morgan fingerprint density at radius 2 is 2.11 bits per heavy atom. The number of hydrogen-bond donors (Lipinski definition) is 1. The molecule has 0 saturated carbocycles. The highest BCUT2D eigenvalue weighted by atomic mass is 32.2. The van der Waals surface area contributed by atoms with Crippen LogP contribution in [0.2, 0.25) is 0 Å². The van der Waals surface area contributed by atoms with E-state index in [1.165, 1.54) is 0 Å². The van der Waals surface area contributed by atoms with Crippen LogP contribution in [0.15, 0.2) is 10.1 Å².